The van der Waals surface area contributed by atoms with Gasteiger partial charge in [0, 0.05) is 20.3 Å². The number of carbonyl (C=O) groups is 1. The van der Waals surface area contributed by atoms with E-state index in [1.807, 2.05) is 0 Å². The Morgan fingerprint density at radius 3 is 2.78 bits per heavy atom. The van der Waals surface area contributed by atoms with Crippen LogP contribution in [0.4, 0.5) is 15.2 Å². The largest absolute Gasteiger partial charge is 0.370 e. The Kier molecular flexibility index (Phi) is 4.86. The van der Waals surface area contributed by atoms with Crippen LogP contribution in [-0.4, -0.2) is 32.8 Å². The fourth-order valence-corrected chi connectivity index (χ4v) is 3.39. The average Bonchev–Trinajstić information content (AvgIpc) is 3.02. The number of halogens is 1. The van der Waals surface area contributed by atoms with E-state index >= 15 is 0 Å². The molecule has 0 atom stereocenters. The van der Waals surface area contributed by atoms with Gasteiger partial charge in [-0.1, -0.05) is 11.3 Å². The number of rotatable bonds is 5. The summed E-state index contributed by atoms with van der Waals surface area (Å²) in [5.74, 6) is -0.878. The topological polar surface area (TPSA) is 122 Å². The van der Waals surface area contributed by atoms with Crippen molar-refractivity contribution in [1.29, 1.82) is 5.41 Å². The van der Waals surface area contributed by atoms with Crippen LogP contribution in [0, 0.1) is 11.2 Å². The minimum absolute atomic E-state index is 0.0314. The maximum atomic E-state index is 13.2. The summed E-state index contributed by atoms with van der Waals surface area (Å²) in [7, 11) is 2.73. The van der Waals surface area contributed by atoms with Gasteiger partial charge in [0.15, 0.2) is 5.13 Å². The van der Waals surface area contributed by atoms with Crippen LogP contribution >= 0.6 is 11.3 Å². The Morgan fingerprint density at radius 2 is 2.07 bits per heavy atom. The molecule has 11 heteroatoms. The van der Waals surface area contributed by atoms with E-state index in [4.69, 9.17) is 5.41 Å². The number of hydrogen-bond acceptors (Lipinski definition) is 7. The summed E-state index contributed by atoms with van der Waals surface area (Å²) >= 11 is 1.12. The molecule has 0 spiro atoms. The second-order valence-corrected chi connectivity index (χ2v) is 6.67. The average molecular weight is 390 g/mol. The molecule has 3 aromatic rings. The molecule has 0 bridgehead atoms. The van der Waals surface area contributed by atoms with Crippen molar-refractivity contribution in [1.82, 2.24) is 14.1 Å². The monoisotopic (exact) mass is 390 g/mol. The second kappa shape index (κ2) is 7.11. The highest BCUT2D eigenvalue weighted by molar-refractivity contribution is 7.22. The van der Waals surface area contributed by atoms with Crippen LogP contribution in [0.25, 0.3) is 10.2 Å². The van der Waals surface area contributed by atoms with Gasteiger partial charge in [-0.2, -0.15) is 0 Å². The number of hydrogen-bond donors (Lipinski definition) is 3. The Morgan fingerprint density at radius 1 is 1.33 bits per heavy atom. The van der Waals surface area contributed by atoms with Crippen LogP contribution in [0.3, 0.4) is 0 Å². The summed E-state index contributed by atoms with van der Waals surface area (Å²) in [6.07, 6.45) is 0.866. The summed E-state index contributed by atoms with van der Waals surface area (Å²) in [4.78, 5) is 40.5. The highest BCUT2D eigenvalue weighted by Gasteiger charge is 2.15. The second-order valence-electron chi connectivity index (χ2n) is 5.64. The van der Waals surface area contributed by atoms with Gasteiger partial charge in [0.05, 0.1) is 22.5 Å². The molecule has 2 heterocycles. The van der Waals surface area contributed by atoms with Gasteiger partial charge in [-0.05, 0) is 18.2 Å². The number of amides is 1. The number of benzene rings is 1. The molecule has 27 heavy (non-hydrogen) atoms. The first kappa shape index (κ1) is 18.5. The highest BCUT2D eigenvalue weighted by Crippen LogP contribution is 2.26. The molecule has 0 saturated heterocycles. The Hall–Kier alpha value is -3.34. The zero-order valence-electron chi connectivity index (χ0n) is 14.4. The molecule has 2 aromatic heterocycles. The molecule has 0 saturated carbocycles. The van der Waals surface area contributed by atoms with Crippen LogP contribution < -0.4 is 21.9 Å². The SMILES string of the molecule is Cn1c(C=N)c(NCC(=O)Nc2nc3ccc(F)cc3s2)c(=O)n(C)c1=O. The lowest BCUT2D eigenvalue weighted by atomic mass is 10.3. The van der Waals surface area contributed by atoms with Crippen molar-refractivity contribution >= 4 is 44.5 Å². The maximum Gasteiger partial charge on any atom is 0.331 e. The molecule has 0 aliphatic rings. The summed E-state index contributed by atoms with van der Waals surface area (Å²) < 4.78 is 15.8. The molecule has 1 aromatic carbocycles. The van der Waals surface area contributed by atoms with Gasteiger partial charge in [0.1, 0.15) is 11.5 Å². The number of nitrogens with one attached hydrogen (secondary N) is 3. The van der Waals surface area contributed by atoms with E-state index < -0.39 is 23.0 Å². The molecular formula is C16H15FN6O3S. The number of aromatic nitrogens is 3. The molecule has 0 aliphatic heterocycles. The van der Waals surface area contributed by atoms with E-state index in [-0.39, 0.29) is 17.9 Å². The highest BCUT2D eigenvalue weighted by atomic mass is 32.1. The van der Waals surface area contributed by atoms with Gasteiger partial charge in [0.25, 0.3) is 5.56 Å². The Bertz CT molecular complexity index is 1180. The summed E-state index contributed by atoms with van der Waals surface area (Å²) in [5.41, 5.74) is -0.625. The summed E-state index contributed by atoms with van der Waals surface area (Å²) in [6, 6.07) is 4.12. The van der Waals surface area contributed by atoms with Gasteiger partial charge in [-0.3, -0.25) is 18.7 Å². The van der Waals surface area contributed by atoms with Gasteiger partial charge in [0.2, 0.25) is 5.91 Å². The van der Waals surface area contributed by atoms with Crippen molar-refractivity contribution < 1.29 is 9.18 Å². The van der Waals surface area contributed by atoms with E-state index in [1.54, 1.807) is 0 Å². The lowest BCUT2D eigenvalue weighted by Gasteiger charge is -2.13. The summed E-state index contributed by atoms with van der Waals surface area (Å²) in [5, 5.41) is 12.9. The maximum absolute atomic E-state index is 13.2. The van der Waals surface area contributed by atoms with E-state index in [0.717, 1.165) is 26.7 Å². The van der Waals surface area contributed by atoms with Crippen LogP contribution in [0.5, 0.6) is 0 Å². The standard InChI is InChI=1S/C16H15FN6O3S/c1-22-10(6-18)13(14(25)23(2)16(22)26)19-7-12(24)21-15-20-9-4-3-8(17)5-11(9)27-15/h3-6,18-19H,7H2,1-2H3,(H,20,21,24). The quantitative estimate of drug-likeness (QED) is 0.559. The molecule has 0 aliphatic carbocycles. The third-order valence-electron chi connectivity index (χ3n) is 3.87. The smallest absolute Gasteiger partial charge is 0.331 e. The molecule has 0 radical (unpaired) electrons. The Labute approximate surface area is 155 Å². The molecule has 0 fully saturated rings. The van der Waals surface area contributed by atoms with Crippen molar-refractivity contribution in [3.05, 3.63) is 50.5 Å². The predicted octanol–water partition coefficient (Wildman–Crippen LogP) is 0.881. The first-order valence-electron chi connectivity index (χ1n) is 7.72. The summed E-state index contributed by atoms with van der Waals surface area (Å²) in [6.45, 7) is -0.279. The minimum Gasteiger partial charge on any atom is -0.370 e. The van der Waals surface area contributed by atoms with Crippen molar-refractivity contribution in [3.8, 4) is 0 Å². The molecule has 140 valence electrons. The molecule has 1 amide bonds. The normalized spacial score (nSPS) is 10.8. The minimum atomic E-state index is -0.639. The van der Waals surface area contributed by atoms with Gasteiger partial charge < -0.3 is 16.0 Å². The fourth-order valence-electron chi connectivity index (χ4n) is 2.48. The number of fused-ring (bicyclic) bond motifs is 1. The van der Waals surface area contributed by atoms with Gasteiger partial charge in [-0.15, -0.1) is 0 Å². The van der Waals surface area contributed by atoms with Crippen LogP contribution in [0.15, 0.2) is 27.8 Å². The molecule has 0 unspecified atom stereocenters. The molecule has 9 nitrogen and oxygen atoms in total. The van der Waals surface area contributed by atoms with Crippen LogP contribution in [-0.2, 0) is 18.9 Å². The first-order chi connectivity index (χ1) is 12.8. The van der Waals surface area contributed by atoms with Gasteiger partial charge in [-0.25, -0.2) is 14.2 Å². The lowest BCUT2D eigenvalue weighted by molar-refractivity contribution is -0.114. The molecule has 3 rings (SSSR count). The number of thiazole rings is 1. The van der Waals surface area contributed by atoms with Crippen LogP contribution in [0.2, 0.25) is 0 Å². The number of carbonyl (C=O) groups excluding carboxylic acids is 1. The lowest BCUT2D eigenvalue weighted by Crippen LogP contribution is -2.41. The van der Waals surface area contributed by atoms with E-state index in [2.05, 4.69) is 15.6 Å². The fraction of sp³-hybridized carbons (Fsp3) is 0.188. The van der Waals surface area contributed by atoms with Crippen molar-refractivity contribution in [2.75, 3.05) is 17.2 Å². The predicted molar refractivity (Wildman–Crippen MR) is 102 cm³/mol. The van der Waals surface area contributed by atoms with E-state index in [9.17, 15) is 18.8 Å². The van der Waals surface area contributed by atoms with Crippen LogP contribution in [0.1, 0.15) is 5.69 Å². The van der Waals surface area contributed by atoms with Gasteiger partial charge >= 0.3 is 5.69 Å². The van der Waals surface area contributed by atoms with E-state index in [1.165, 1.54) is 32.3 Å². The van der Waals surface area contributed by atoms with Crippen molar-refractivity contribution in [3.63, 3.8) is 0 Å². The van der Waals surface area contributed by atoms with Crippen molar-refractivity contribution in [2.24, 2.45) is 14.1 Å². The first-order valence-corrected chi connectivity index (χ1v) is 8.53. The zero-order chi connectivity index (χ0) is 19.7. The third-order valence-corrected chi connectivity index (χ3v) is 4.80. The Balaban J connectivity index is 1.78. The third kappa shape index (κ3) is 3.49. The van der Waals surface area contributed by atoms with Crippen molar-refractivity contribution in [2.45, 2.75) is 0 Å². The molecule has 3 N–H and O–H groups in total. The molecular weight excluding hydrogens is 375 g/mol. The number of anilines is 2. The zero-order valence-corrected chi connectivity index (χ0v) is 15.2. The number of nitrogens with zero attached hydrogens (tertiary/aromatic N) is 3. The van der Waals surface area contributed by atoms with E-state index in [0.29, 0.717) is 15.3 Å².